The zero-order valence-electron chi connectivity index (χ0n) is 8.13. The Labute approximate surface area is 82.5 Å². The molecule has 3 N–H and O–H groups in total. The highest BCUT2D eigenvalue weighted by Gasteiger charge is 2.48. The summed E-state index contributed by atoms with van der Waals surface area (Å²) < 4.78 is 13.5. The van der Waals surface area contributed by atoms with Gasteiger partial charge in [-0.05, 0) is 31.4 Å². The van der Waals surface area contributed by atoms with Crippen LogP contribution in [0.2, 0.25) is 0 Å². The molecule has 3 heteroatoms. The first kappa shape index (κ1) is 9.46. The van der Waals surface area contributed by atoms with E-state index in [1.54, 1.807) is 6.07 Å². The second-order valence-corrected chi connectivity index (χ2v) is 4.11. The number of hydrogen-bond acceptors (Lipinski definition) is 2. The van der Waals surface area contributed by atoms with Crippen LogP contribution in [0.1, 0.15) is 25.3 Å². The molecule has 0 amide bonds. The van der Waals surface area contributed by atoms with Crippen LogP contribution in [0, 0.1) is 5.82 Å². The summed E-state index contributed by atoms with van der Waals surface area (Å²) in [5.41, 5.74) is 6.30. The number of aromatic hydroxyl groups is 1. The zero-order chi connectivity index (χ0) is 10.3. The standard InChI is InChI=1S/C11H14FNO/c1-7(13)11(4-5-11)9-3-2-8(14)6-10(9)12/h2-3,6-7,14H,4-5,13H2,1H3. The third kappa shape index (κ3) is 1.28. The molecule has 0 heterocycles. The van der Waals surface area contributed by atoms with Crippen molar-refractivity contribution in [2.24, 2.45) is 5.73 Å². The van der Waals surface area contributed by atoms with Crippen molar-refractivity contribution in [2.75, 3.05) is 0 Å². The summed E-state index contributed by atoms with van der Waals surface area (Å²) in [4.78, 5) is 0. The van der Waals surface area contributed by atoms with Gasteiger partial charge in [-0.1, -0.05) is 6.07 Å². The predicted molar refractivity (Wildman–Crippen MR) is 52.6 cm³/mol. The highest BCUT2D eigenvalue weighted by molar-refractivity contribution is 5.38. The fraction of sp³-hybridized carbons (Fsp3) is 0.455. The van der Waals surface area contributed by atoms with Crippen molar-refractivity contribution in [1.29, 1.82) is 0 Å². The average Bonchev–Trinajstić information content (AvgIpc) is 2.84. The van der Waals surface area contributed by atoms with E-state index in [4.69, 9.17) is 10.8 Å². The SMILES string of the molecule is CC(N)C1(c2ccc(O)cc2F)CC1. The smallest absolute Gasteiger partial charge is 0.130 e. The number of phenolic OH excluding ortho intramolecular Hbond substituents is 1. The second kappa shape index (κ2) is 2.95. The van der Waals surface area contributed by atoms with Crippen LogP contribution in [0.5, 0.6) is 5.75 Å². The van der Waals surface area contributed by atoms with Crippen molar-refractivity contribution in [3.05, 3.63) is 29.6 Å². The lowest BCUT2D eigenvalue weighted by Crippen LogP contribution is -2.32. The lowest BCUT2D eigenvalue weighted by molar-refractivity contribution is 0.461. The van der Waals surface area contributed by atoms with Crippen LogP contribution in [0.4, 0.5) is 4.39 Å². The van der Waals surface area contributed by atoms with Crippen LogP contribution >= 0.6 is 0 Å². The fourth-order valence-corrected chi connectivity index (χ4v) is 2.01. The summed E-state index contributed by atoms with van der Waals surface area (Å²) in [6, 6.07) is 4.26. The third-order valence-corrected chi connectivity index (χ3v) is 3.15. The van der Waals surface area contributed by atoms with Gasteiger partial charge in [0.1, 0.15) is 11.6 Å². The molecule has 2 nitrogen and oxygen atoms in total. The van der Waals surface area contributed by atoms with Crippen LogP contribution in [0.25, 0.3) is 0 Å². The normalized spacial score (nSPS) is 20.5. The molecule has 0 bridgehead atoms. The number of phenols is 1. The van der Waals surface area contributed by atoms with Gasteiger partial charge in [0, 0.05) is 17.5 Å². The molecule has 1 atom stereocenters. The first-order valence-corrected chi connectivity index (χ1v) is 4.81. The number of benzene rings is 1. The van der Waals surface area contributed by atoms with E-state index in [-0.39, 0.29) is 23.0 Å². The minimum absolute atomic E-state index is 0.0354. The first-order chi connectivity index (χ1) is 6.56. The first-order valence-electron chi connectivity index (χ1n) is 4.81. The lowest BCUT2D eigenvalue weighted by Gasteiger charge is -2.20. The Balaban J connectivity index is 2.42. The van der Waals surface area contributed by atoms with Crippen molar-refractivity contribution in [3.63, 3.8) is 0 Å². The third-order valence-electron chi connectivity index (χ3n) is 3.15. The maximum absolute atomic E-state index is 13.5. The minimum Gasteiger partial charge on any atom is -0.508 e. The molecule has 14 heavy (non-hydrogen) atoms. The van der Waals surface area contributed by atoms with Crippen LogP contribution in [-0.2, 0) is 5.41 Å². The van der Waals surface area contributed by atoms with Gasteiger partial charge in [-0.3, -0.25) is 0 Å². The van der Waals surface area contributed by atoms with Gasteiger partial charge in [0.25, 0.3) is 0 Å². The molecule has 0 spiro atoms. The minimum atomic E-state index is -0.347. The number of nitrogens with two attached hydrogens (primary N) is 1. The molecule has 1 aliphatic rings. The van der Waals surface area contributed by atoms with Gasteiger partial charge in [-0.2, -0.15) is 0 Å². The second-order valence-electron chi connectivity index (χ2n) is 4.11. The summed E-state index contributed by atoms with van der Waals surface area (Å²) in [7, 11) is 0. The van der Waals surface area contributed by atoms with Gasteiger partial charge >= 0.3 is 0 Å². The highest BCUT2D eigenvalue weighted by Crippen LogP contribution is 2.51. The Morgan fingerprint density at radius 1 is 1.50 bits per heavy atom. The van der Waals surface area contributed by atoms with Crippen molar-refractivity contribution in [1.82, 2.24) is 0 Å². The van der Waals surface area contributed by atoms with E-state index in [2.05, 4.69) is 0 Å². The topological polar surface area (TPSA) is 46.2 Å². The molecule has 1 unspecified atom stereocenters. The summed E-state index contributed by atoms with van der Waals surface area (Å²) >= 11 is 0. The van der Waals surface area contributed by atoms with E-state index in [9.17, 15) is 4.39 Å². The summed E-state index contributed by atoms with van der Waals surface area (Å²) in [5.74, 6) is -0.383. The Bertz CT molecular complexity index is 358. The van der Waals surface area contributed by atoms with Gasteiger partial charge in [0.15, 0.2) is 0 Å². The quantitative estimate of drug-likeness (QED) is 0.757. The van der Waals surface area contributed by atoms with Crippen LogP contribution in [-0.4, -0.2) is 11.1 Å². The van der Waals surface area contributed by atoms with Gasteiger partial charge in [0.2, 0.25) is 0 Å². The predicted octanol–water partition coefficient (Wildman–Crippen LogP) is 1.91. The molecule has 2 rings (SSSR count). The van der Waals surface area contributed by atoms with Crippen LogP contribution < -0.4 is 5.73 Å². The molecule has 1 aliphatic carbocycles. The molecule has 1 fully saturated rings. The molecular formula is C11H14FNO. The largest absolute Gasteiger partial charge is 0.508 e. The molecule has 1 saturated carbocycles. The van der Waals surface area contributed by atoms with E-state index >= 15 is 0 Å². The van der Waals surface area contributed by atoms with Gasteiger partial charge in [0.05, 0.1) is 0 Å². The molecule has 0 radical (unpaired) electrons. The van der Waals surface area contributed by atoms with Crippen molar-refractivity contribution in [3.8, 4) is 5.75 Å². The van der Waals surface area contributed by atoms with Crippen molar-refractivity contribution in [2.45, 2.75) is 31.2 Å². The van der Waals surface area contributed by atoms with Crippen molar-refractivity contribution < 1.29 is 9.50 Å². The monoisotopic (exact) mass is 195 g/mol. The van der Waals surface area contributed by atoms with E-state index in [1.165, 1.54) is 6.07 Å². The number of hydrogen-bond donors (Lipinski definition) is 2. The van der Waals surface area contributed by atoms with Gasteiger partial charge in [-0.25, -0.2) is 4.39 Å². The molecule has 1 aromatic carbocycles. The van der Waals surface area contributed by atoms with Gasteiger partial charge < -0.3 is 10.8 Å². The molecule has 76 valence electrons. The van der Waals surface area contributed by atoms with E-state index in [0.717, 1.165) is 18.9 Å². The van der Waals surface area contributed by atoms with E-state index < -0.39 is 0 Å². The summed E-state index contributed by atoms with van der Waals surface area (Å²) in [6.07, 6.45) is 1.87. The molecule has 1 aromatic rings. The van der Waals surface area contributed by atoms with Crippen molar-refractivity contribution >= 4 is 0 Å². The Hall–Kier alpha value is -1.09. The van der Waals surface area contributed by atoms with Crippen LogP contribution in [0.3, 0.4) is 0 Å². The highest BCUT2D eigenvalue weighted by atomic mass is 19.1. The summed E-state index contributed by atoms with van der Waals surface area (Å²) in [5, 5.41) is 9.09. The average molecular weight is 195 g/mol. The molecular weight excluding hydrogens is 181 g/mol. The molecule has 0 aliphatic heterocycles. The maximum atomic E-state index is 13.5. The Morgan fingerprint density at radius 3 is 2.57 bits per heavy atom. The lowest BCUT2D eigenvalue weighted by atomic mass is 9.89. The number of rotatable bonds is 2. The van der Waals surface area contributed by atoms with Crippen LogP contribution in [0.15, 0.2) is 18.2 Å². The molecule has 0 aromatic heterocycles. The number of halogens is 1. The molecule has 0 saturated heterocycles. The zero-order valence-corrected chi connectivity index (χ0v) is 8.13. The Morgan fingerprint density at radius 2 is 2.14 bits per heavy atom. The van der Waals surface area contributed by atoms with Gasteiger partial charge in [-0.15, -0.1) is 0 Å². The summed E-state index contributed by atoms with van der Waals surface area (Å²) in [6.45, 7) is 1.90. The van der Waals surface area contributed by atoms with E-state index in [1.807, 2.05) is 6.92 Å². The van der Waals surface area contributed by atoms with E-state index in [0.29, 0.717) is 5.56 Å². The Kier molecular flexibility index (Phi) is 2.00. The fourth-order valence-electron chi connectivity index (χ4n) is 2.01. The maximum Gasteiger partial charge on any atom is 0.130 e.